The zero-order chi connectivity index (χ0) is 15.0. The quantitative estimate of drug-likeness (QED) is 0.895. The van der Waals surface area contributed by atoms with E-state index < -0.39 is 5.97 Å². The molecule has 1 unspecified atom stereocenters. The fraction of sp³-hybridized carbons (Fsp3) is 0.562. The molecule has 0 aromatic carbocycles. The molecule has 3 rings (SSSR count). The number of aromatic carboxylic acids is 1. The molecule has 2 N–H and O–H groups in total. The Hall–Kier alpha value is -1.91. The number of nitrogens with one attached hydrogen (secondary N) is 1. The predicted octanol–water partition coefficient (Wildman–Crippen LogP) is 2.54. The molecule has 0 bridgehead atoms. The van der Waals surface area contributed by atoms with Crippen molar-refractivity contribution in [2.24, 2.45) is 5.41 Å². The van der Waals surface area contributed by atoms with E-state index >= 15 is 0 Å². The minimum absolute atomic E-state index is 0.140. The van der Waals surface area contributed by atoms with Crippen LogP contribution in [0.15, 0.2) is 12.1 Å². The van der Waals surface area contributed by atoms with Crippen molar-refractivity contribution in [3.05, 3.63) is 29.1 Å². The number of aryl methyl sites for hydroxylation is 1. The van der Waals surface area contributed by atoms with Gasteiger partial charge in [-0.15, -0.1) is 0 Å². The summed E-state index contributed by atoms with van der Waals surface area (Å²) in [6.07, 6.45) is 7.32. The first-order chi connectivity index (χ1) is 10.0. The van der Waals surface area contributed by atoms with Gasteiger partial charge in [0.05, 0.1) is 11.3 Å². The van der Waals surface area contributed by atoms with Gasteiger partial charge in [0.25, 0.3) is 5.91 Å². The molecule has 1 atom stereocenters. The van der Waals surface area contributed by atoms with Crippen LogP contribution in [0.5, 0.6) is 0 Å². The van der Waals surface area contributed by atoms with Gasteiger partial charge in [0.1, 0.15) is 5.69 Å². The maximum Gasteiger partial charge on any atom is 0.337 e. The third-order valence-electron chi connectivity index (χ3n) is 4.89. The van der Waals surface area contributed by atoms with E-state index in [-0.39, 0.29) is 17.5 Å². The summed E-state index contributed by atoms with van der Waals surface area (Å²) >= 11 is 0. The highest BCUT2D eigenvalue weighted by atomic mass is 16.4. The summed E-state index contributed by atoms with van der Waals surface area (Å²) in [6, 6.07) is 3.21. The number of carboxylic acid groups (broad SMARTS) is 1. The van der Waals surface area contributed by atoms with Gasteiger partial charge in [0.15, 0.2) is 0 Å². The van der Waals surface area contributed by atoms with Crippen molar-refractivity contribution in [1.82, 2.24) is 10.3 Å². The second kappa shape index (κ2) is 5.13. The lowest BCUT2D eigenvalue weighted by Crippen LogP contribution is -2.31. The molecule has 0 radical (unpaired) electrons. The Morgan fingerprint density at radius 3 is 2.62 bits per heavy atom. The Morgan fingerprint density at radius 1 is 1.29 bits per heavy atom. The summed E-state index contributed by atoms with van der Waals surface area (Å²) in [7, 11) is 0. The average Bonchev–Trinajstić information content (AvgIpc) is 3.10. The fourth-order valence-electron chi connectivity index (χ4n) is 3.51. The summed E-state index contributed by atoms with van der Waals surface area (Å²) < 4.78 is 0. The number of carbonyl (C=O) groups excluding carboxylic acids is 1. The first-order valence-corrected chi connectivity index (χ1v) is 7.54. The van der Waals surface area contributed by atoms with Gasteiger partial charge in [0, 0.05) is 6.04 Å². The fourth-order valence-corrected chi connectivity index (χ4v) is 3.51. The number of nitrogens with zero attached hydrogens (tertiary/aromatic N) is 1. The van der Waals surface area contributed by atoms with Gasteiger partial charge in [-0.3, -0.25) is 4.79 Å². The Kier molecular flexibility index (Phi) is 3.43. The monoisotopic (exact) mass is 288 g/mol. The Morgan fingerprint density at radius 2 is 2.00 bits per heavy atom. The summed E-state index contributed by atoms with van der Waals surface area (Å²) in [5, 5.41) is 12.0. The van der Waals surface area contributed by atoms with Crippen molar-refractivity contribution in [1.29, 1.82) is 0 Å². The van der Waals surface area contributed by atoms with Gasteiger partial charge < -0.3 is 10.4 Å². The molecule has 5 heteroatoms. The Balaban J connectivity index is 1.66. The SMILES string of the molecule is Cc1nc(C(=O)NC2CC23CCCCC3)ccc1C(=O)O. The van der Waals surface area contributed by atoms with E-state index in [0.717, 1.165) is 6.42 Å². The van der Waals surface area contributed by atoms with Crippen LogP contribution in [0.1, 0.15) is 65.1 Å². The maximum absolute atomic E-state index is 12.2. The molecule has 0 saturated heterocycles. The standard InChI is InChI=1S/C16H20N2O3/c1-10-11(15(20)21)5-6-12(17-10)14(19)18-13-9-16(13)7-3-2-4-8-16/h5-6,13H,2-4,7-9H2,1H3,(H,18,19)(H,20,21). The van der Waals surface area contributed by atoms with Gasteiger partial charge in [-0.1, -0.05) is 19.3 Å². The highest BCUT2D eigenvalue weighted by Crippen LogP contribution is 2.56. The predicted molar refractivity (Wildman–Crippen MR) is 77.3 cm³/mol. The number of aromatic nitrogens is 1. The molecule has 5 nitrogen and oxygen atoms in total. The van der Waals surface area contributed by atoms with Crippen LogP contribution in [0, 0.1) is 12.3 Å². The van der Waals surface area contributed by atoms with Crippen LogP contribution in [0.25, 0.3) is 0 Å². The molecule has 1 aromatic rings. The van der Waals surface area contributed by atoms with Crippen LogP contribution in [0.4, 0.5) is 0 Å². The van der Waals surface area contributed by atoms with E-state index in [4.69, 9.17) is 5.11 Å². The first-order valence-electron chi connectivity index (χ1n) is 7.54. The van der Waals surface area contributed by atoms with Gasteiger partial charge in [-0.2, -0.15) is 0 Å². The van der Waals surface area contributed by atoms with Crippen molar-refractivity contribution in [2.75, 3.05) is 0 Å². The lowest BCUT2D eigenvalue weighted by atomic mass is 9.86. The normalized spacial score (nSPS) is 22.8. The molecule has 1 spiro atoms. The molecule has 112 valence electrons. The van der Waals surface area contributed by atoms with Gasteiger partial charge in [-0.05, 0) is 43.7 Å². The number of hydrogen-bond donors (Lipinski definition) is 2. The molecular weight excluding hydrogens is 268 g/mol. The third kappa shape index (κ3) is 2.64. The molecule has 2 aliphatic rings. The molecule has 1 heterocycles. The molecule has 2 aliphatic carbocycles. The second-order valence-electron chi connectivity index (χ2n) is 6.29. The average molecular weight is 288 g/mol. The molecule has 1 amide bonds. The van der Waals surface area contributed by atoms with Crippen LogP contribution in [-0.4, -0.2) is 28.0 Å². The minimum atomic E-state index is -1.02. The smallest absolute Gasteiger partial charge is 0.337 e. The summed E-state index contributed by atoms with van der Waals surface area (Å²) in [5.41, 5.74) is 1.15. The lowest BCUT2D eigenvalue weighted by molar-refractivity contribution is 0.0694. The van der Waals surface area contributed by atoms with E-state index in [1.54, 1.807) is 6.92 Å². The van der Waals surface area contributed by atoms with Crippen LogP contribution in [0.3, 0.4) is 0 Å². The highest BCUT2D eigenvalue weighted by molar-refractivity contribution is 5.94. The highest BCUT2D eigenvalue weighted by Gasteiger charge is 2.54. The summed E-state index contributed by atoms with van der Waals surface area (Å²) in [4.78, 5) is 27.3. The van der Waals surface area contributed by atoms with E-state index in [1.807, 2.05) is 0 Å². The number of hydrogen-bond acceptors (Lipinski definition) is 3. The van der Waals surface area contributed by atoms with Crippen LogP contribution >= 0.6 is 0 Å². The van der Waals surface area contributed by atoms with Crippen molar-refractivity contribution >= 4 is 11.9 Å². The largest absolute Gasteiger partial charge is 0.478 e. The molecule has 21 heavy (non-hydrogen) atoms. The van der Waals surface area contributed by atoms with E-state index in [9.17, 15) is 9.59 Å². The van der Waals surface area contributed by atoms with E-state index in [2.05, 4.69) is 10.3 Å². The van der Waals surface area contributed by atoms with Crippen molar-refractivity contribution in [3.8, 4) is 0 Å². The number of carboxylic acids is 1. The topological polar surface area (TPSA) is 79.3 Å². The Labute approximate surface area is 123 Å². The summed E-state index contributed by atoms with van der Waals surface area (Å²) in [5.74, 6) is -1.21. The number of amides is 1. The minimum Gasteiger partial charge on any atom is -0.478 e. The van der Waals surface area contributed by atoms with Crippen molar-refractivity contribution < 1.29 is 14.7 Å². The zero-order valence-electron chi connectivity index (χ0n) is 12.2. The molecule has 2 fully saturated rings. The molecule has 0 aliphatic heterocycles. The number of pyridine rings is 1. The molecular formula is C16H20N2O3. The zero-order valence-corrected chi connectivity index (χ0v) is 12.2. The summed E-state index contributed by atoms with van der Waals surface area (Å²) in [6.45, 7) is 1.61. The van der Waals surface area contributed by atoms with Crippen LogP contribution in [0.2, 0.25) is 0 Å². The van der Waals surface area contributed by atoms with Gasteiger partial charge in [-0.25, -0.2) is 9.78 Å². The van der Waals surface area contributed by atoms with Gasteiger partial charge in [0.2, 0.25) is 0 Å². The third-order valence-corrected chi connectivity index (χ3v) is 4.89. The van der Waals surface area contributed by atoms with Gasteiger partial charge >= 0.3 is 5.97 Å². The van der Waals surface area contributed by atoms with Crippen LogP contribution in [-0.2, 0) is 0 Å². The van der Waals surface area contributed by atoms with E-state index in [1.165, 1.54) is 44.2 Å². The number of rotatable bonds is 3. The lowest BCUT2D eigenvalue weighted by Gasteiger charge is -2.22. The van der Waals surface area contributed by atoms with Crippen LogP contribution < -0.4 is 5.32 Å². The maximum atomic E-state index is 12.2. The van der Waals surface area contributed by atoms with Crippen molar-refractivity contribution in [2.45, 2.75) is 51.5 Å². The second-order valence-corrected chi connectivity index (χ2v) is 6.29. The first kappa shape index (κ1) is 14.0. The molecule has 1 aromatic heterocycles. The van der Waals surface area contributed by atoms with E-state index in [0.29, 0.717) is 16.8 Å². The van der Waals surface area contributed by atoms with Crippen molar-refractivity contribution in [3.63, 3.8) is 0 Å². The number of carbonyl (C=O) groups is 2. The molecule has 2 saturated carbocycles. The Bertz CT molecular complexity index is 591.